The van der Waals surface area contributed by atoms with Crippen LogP contribution >= 0.6 is 11.6 Å². The predicted molar refractivity (Wildman–Crippen MR) is 89.9 cm³/mol. The molecular weight excluding hydrogens is 280 g/mol. The number of aromatic amines is 1. The molecule has 2 nitrogen and oxygen atoms in total. The van der Waals surface area contributed by atoms with Crippen LogP contribution in [0.3, 0.4) is 0 Å². The fourth-order valence-electron chi connectivity index (χ4n) is 2.78. The van der Waals surface area contributed by atoms with Crippen LogP contribution in [0, 0.1) is 0 Å². The fourth-order valence-corrected chi connectivity index (χ4v) is 2.99. The third kappa shape index (κ3) is 3.12. The molecule has 0 aliphatic heterocycles. The van der Waals surface area contributed by atoms with Gasteiger partial charge in [-0.1, -0.05) is 48.0 Å². The van der Waals surface area contributed by atoms with E-state index in [0.29, 0.717) is 12.5 Å². The van der Waals surface area contributed by atoms with E-state index in [9.17, 15) is 0 Å². The minimum atomic E-state index is 0.406. The van der Waals surface area contributed by atoms with Crippen LogP contribution < -0.4 is 5.73 Å². The first-order valence-corrected chi connectivity index (χ1v) is 7.66. The van der Waals surface area contributed by atoms with Crippen molar-refractivity contribution in [3.05, 3.63) is 70.9 Å². The van der Waals surface area contributed by atoms with Crippen molar-refractivity contribution in [2.45, 2.75) is 18.8 Å². The first kappa shape index (κ1) is 14.2. The number of aromatic nitrogens is 1. The normalized spacial score (nSPS) is 12.7. The van der Waals surface area contributed by atoms with Gasteiger partial charge in [-0.3, -0.25) is 0 Å². The van der Waals surface area contributed by atoms with Gasteiger partial charge in [0.2, 0.25) is 0 Å². The lowest BCUT2D eigenvalue weighted by Crippen LogP contribution is -2.13. The number of hydrogen-bond donors (Lipinski definition) is 2. The van der Waals surface area contributed by atoms with E-state index in [4.69, 9.17) is 17.3 Å². The van der Waals surface area contributed by atoms with Crippen molar-refractivity contribution in [1.82, 2.24) is 4.98 Å². The summed E-state index contributed by atoms with van der Waals surface area (Å²) in [5.41, 5.74) is 9.65. The molecule has 0 saturated carbocycles. The molecule has 3 aromatic rings. The summed E-state index contributed by atoms with van der Waals surface area (Å²) in [6.45, 7) is 0.678. The Morgan fingerprint density at radius 3 is 2.67 bits per heavy atom. The zero-order valence-corrected chi connectivity index (χ0v) is 12.6. The number of fused-ring (bicyclic) bond motifs is 1. The second-order valence-electron chi connectivity index (χ2n) is 5.40. The Labute approximate surface area is 129 Å². The van der Waals surface area contributed by atoms with Crippen LogP contribution in [0.1, 0.15) is 23.5 Å². The number of hydrogen-bond acceptors (Lipinski definition) is 1. The first-order chi connectivity index (χ1) is 10.3. The molecule has 0 aliphatic carbocycles. The number of halogens is 1. The van der Waals surface area contributed by atoms with E-state index in [2.05, 4.69) is 47.4 Å². The summed E-state index contributed by atoms with van der Waals surface area (Å²) in [5.74, 6) is 0.406. The maximum atomic E-state index is 6.18. The molecule has 0 spiro atoms. The van der Waals surface area contributed by atoms with Gasteiger partial charge in [-0.2, -0.15) is 0 Å². The highest BCUT2D eigenvalue weighted by Gasteiger charge is 2.10. The first-order valence-electron chi connectivity index (χ1n) is 7.28. The van der Waals surface area contributed by atoms with Gasteiger partial charge in [0.1, 0.15) is 0 Å². The fraction of sp³-hybridized carbons (Fsp3) is 0.222. The van der Waals surface area contributed by atoms with Crippen LogP contribution in [-0.2, 0) is 6.42 Å². The molecule has 3 N–H and O–H groups in total. The van der Waals surface area contributed by atoms with Crippen molar-refractivity contribution >= 4 is 22.5 Å². The topological polar surface area (TPSA) is 41.8 Å². The molecule has 1 atom stereocenters. The molecule has 0 aliphatic rings. The van der Waals surface area contributed by atoms with E-state index in [1.54, 1.807) is 0 Å². The van der Waals surface area contributed by atoms with Gasteiger partial charge < -0.3 is 10.7 Å². The number of aryl methyl sites for hydroxylation is 1. The number of rotatable bonds is 5. The highest BCUT2D eigenvalue weighted by Crippen LogP contribution is 2.26. The molecular formula is C18H19ClN2. The van der Waals surface area contributed by atoms with Crippen LogP contribution in [0.15, 0.2) is 54.7 Å². The lowest BCUT2D eigenvalue weighted by Gasteiger charge is -2.15. The van der Waals surface area contributed by atoms with Crippen LogP contribution in [0.2, 0.25) is 5.02 Å². The van der Waals surface area contributed by atoms with Crippen molar-refractivity contribution in [3.63, 3.8) is 0 Å². The molecule has 1 aromatic heterocycles. The minimum absolute atomic E-state index is 0.406. The van der Waals surface area contributed by atoms with Gasteiger partial charge >= 0.3 is 0 Å². The number of nitrogens with one attached hydrogen (secondary N) is 1. The van der Waals surface area contributed by atoms with Crippen LogP contribution in [0.25, 0.3) is 10.9 Å². The molecule has 108 valence electrons. The zero-order valence-electron chi connectivity index (χ0n) is 11.9. The van der Waals surface area contributed by atoms with Gasteiger partial charge in [0.15, 0.2) is 0 Å². The Bertz CT molecular complexity index is 718. The molecule has 3 rings (SSSR count). The van der Waals surface area contributed by atoms with Gasteiger partial charge in [-0.05, 0) is 48.6 Å². The van der Waals surface area contributed by atoms with E-state index in [1.807, 2.05) is 12.3 Å². The predicted octanol–water partition coefficient (Wildman–Crippen LogP) is 4.50. The maximum Gasteiger partial charge on any atom is 0.0659 e. The molecule has 0 saturated heterocycles. The van der Waals surface area contributed by atoms with E-state index in [0.717, 1.165) is 28.8 Å². The standard InChI is InChI=1S/C18H19ClN2/c19-17-12-21-18-9-7-13(10-16(17)18)6-8-15(11-20)14-4-2-1-3-5-14/h1-5,7,9-10,12,15,21H,6,8,11,20H2. The third-order valence-electron chi connectivity index (χ3n) is 4.03. The smallest absolute Gasteiger partial charge is 0.0659 e. The van der Waals surface area contributed by atoms with Crippen molar-refractivity contribution in [2.24, 2.45) is 5.73 Å². The quantitative estimate of drug-likeness (QED) is 0.715. The maximum absolute atomic E-state index is 6.18. The third-order valence-corrected chi connectivity index (χ3v) is 4.35. The molecule has 3 heteroatoms. The summed E-state index contributed by atoms with van der Waals surface area (Å²) in [6.07, 6.45) is 3.89. The van der Waals surface area contributed by atoms with E-state index in [-0.39, 0.29) is 0 Å². The zero-order chi connectivity index (χ0) is 14.7. The molecule has 0 bridgehead atoms. The largest absolute Gasteiger partial charge is 0.360 e. The van der Waals surface area contributed by atoms with Crippen molar-refractivity contribution in [2.75, 3.05) is 6.54 Å². The number of benzene rings is 2. The molecule has 2 aromatic carbocycles. The Morgan fingerprint density at radius 1 is 1.10 bits per heavy atom. The van der Waals surface area contributed by atoms with Gasteiger partial charge in [0, 0.05) is 17.1 Å². The monoisotopic (exact) mass is 298 g/mol. The van der Waals surface area contributed by atoms with E-state index >= 15 is 0 Å². The summed E-state index contributed by atoms with van der Waals surface area (Å²) in [5, 5.41) is 1.88. The lowest BCUT2D eigenvalue weighted by molar-refractivity contribution is 0.634. The Kier molecular flexibility index (Phi) is 4.28. The highest BCUT2D eigenvalue weighted by molar-refractivity contribution is 6.35. The summed E-state index contributed by atoms with van der Waals surface area (Å²) in [6, 6.07) is 16.9. The van der Waals surface area contributed by atoms with E-state index in [1.165, 1.54) is 11.1 Å². The van der Waals surface area contributed by atoms with Gasteiger partial charge in [0.25, 0.3) is 0 Å². The summed E-state index contributed by atoms with van der Waals surface area (Å²) >= 11 is 6.18. The summed E-state index contributed by atoms with van der Waals surface area (Å²) in [4.78, 5) is 3.16. The molecule has 0 radical (unpaired) electrons. The molecule has 21 heavy (non-hydrogen) atoms. The Balaban J connectivity index is 1.74. The Hall–Kier alpha value is -1.77. The van der Waals surface area contributed by atoms with Crippen molar-refractivity contribution < 1.29 is 0 Å². The molecule has 0 amide bonds. The summed E-state index contributed by atoms with van der Waals surface area (Å²) in [7, 11) is 0. The molecule has 1 heterocycles. The van der Waals surface area contributed by atoms with Crippen molar-refractivity contribution in [1.29, 1.82) is 0 Å². The average Bonchev–Trinajstić information content (AvgIpc) is 2.90. The van der Waals surface area contributed by atoms with Gasteiger partial charge in [-0.15, -0.1) is 0 Å². The average molecular weight is 299 g/mol. The Morgan fingerprint density at radius 2 is 1.90 bits per heavy atom. The van der Waals surface area contributed by atoms with Crippen molar-refractivity contribution in [3.8, 4) is 0 Å². The number of nitrogens with two attached hydrogens (primary N) is 1. The van der Waals surface area contributed by atoms with Crippen LogP contribution in [0.5, 0.6) is 0 Å². The second kappa shape index (κ2) is 6.33. The molecule has 1 unspecified atom stereocenters. The minimum Gasteiger partial charge on any atom is -0.360 e. The van der Waals surface area contributed by atoms with Gasteiger partial charge in [-0.25, -0.2) is 0 Å². The van der Waals surface area contributed by atoms with E-state index < -0.39 is 0 Å². The second-order valence-corrected chi connectivity index (χ2v) is 5.81. The van der Waals surface area contributed by atoms with Crippen LogP contribution in [-0.4, -0.2) is 11.5 Å². The summed E-state index contributed by atoms with van der Waals surface area (Å²) < 4.78 is 0. The SMILES string of the molecule is NCC(CCc1ccc2[nH]cc(Cl)c2c1)c1ccccc1. The highest BCUT2D eigenvalue weighted by atomic mass is 35.5. The molecule has 0 fully saturated rings. The van der Waals surface area contributed by atoms with Crippen LogP contribution in [0.4, 0.5) is 0 Å². The number of H-pyrrole nitrogens is 1. The lowest BCUT2D eigenvalue weighted by atomic mass is 9.92. The van der Waals surface area contributed by atoms with Gasteiger partial charge in [0.05, 0.1) is 5.02 Å².